The summed E-state index contributed by atoms with van der Waals surface area (Å²) in [5.74, 6) is 0. The number of alkyl halides is 3. The van der Waals surface area contributed by atoms with Crippen LogP contribution in [0.4, 0.5) is 13.2 Å². The van der Waals surface area contributed by atoms with Crippen molar-refractivity contribution in [3.05, 3.63) is 34.9 Å². The Labute approximate surface area is 86.5 Å². The molecular weight excluding hydrogens is 205 g/mol. The van der Waals surface area contributed by atoms with E-state index in [4.69, 9.17) is 0 Å². The third kappa shape index (κ3) is 2.72. The van der Waals surface area contributed by atoms with Gasteiger partial charge in [0.25, 0.3) is 0 Å². The Morgan fingerprint density at radius 1 is 1.13 bits per heavy atom. The molecule has 0 radical (unpaired) electrons. The van der Waals surface area contributed by atoms with Crippen molar-refractivity contribution in [3.63, 3.8) is 0 Å². The number of hydrogen-bond donors (Lipinski definition) is 1. The van der Waals surface area contributed by atoms with Crippen LogP contribution in [-0.2, 0) is 11.8 Å². The van der Waals surface area contributed by atoms with E-state index in [1.807, 2.05) is 0 Å². The molecule has 1 N–H and O–H groups in total. The topological polar surface area (TPSA) is 20.2 Å². The number of aryl methyl sites for hydroxylation is 1. The van der Waals surface area contributed by atoms with Crippen LogP contribution >= 0.6 is 0 Å². The minimum atomic E-state index is -4.37. The molecule has 1 aromatic rings. The highest BCUT2D eigenvalue weighted by molar-refractivity contribution is 5.35. The first-order valence-electron chi connectivity index (χ1n) is 4.53. The fraction of sp³-hybridized carbons (Fsp3) is 0.455. The Kier molecular flexibility index (Phi) is 2.83. The van der Waals surface area contributed by atoms with Gasteiger partial charge in [-0.05, 0) is 38.0 Å². The second-order valence-electron chi connectivity index (χ2n) is 4.09. The number of benzene rings is 1. The molecule has 0 saturated carbocycles. The maximum absolute atomic E-state index is 12.5. The molecule has 84 valence electrons. The molecule has 0 atom stereocenters. The smallest absolute Gasteiger partial charge is 0.386 e. The predicted molar refractivity (Wildman–Crippen MR) is 51.4 cm³/mol. The highest BCUT2D eigenvalue weighted by Crippen LogP contribution is 2.34. The van der Waals surface area contributed by atoms with E-state index >= 15 is 0 Å². The molecule has 4 heteroatoms. The summed E-state index contributed by atoms with van der Waals surface area (Å²) >= 11 is 0. The Morgan fingerprint density at radius 2 is 1.67 bits per heavy atom. The molecule has 0 aliphatic rings. The number of aliphatic hydroxyl groups is 1. The third-order valence-corrected chi connectivity index (χ3v) is 2.25. The minimum Gasteiger partial charge on any atom is -0.386 e. The van der Waals surface area contributed by atoms with Crippen molar-refractivity contribution in [2.24, 2.45) is 0 Å². The average molecular weight is 218 g/mol. The summed E-state index contributed by atoms with van der Waals surface area (Å²) in [6.45, 7) is 4.31. The second kappa shape index (κ2) is 3.52. The number of rotatable bonds is 1. The van der Waals surface area contributed by atoms with Gasteiger partial charge in [0.1, 0.15) is 0 Å². The molecule has 0 aliphatic heterocycles. The molecule has 0 unspecified atom stereocenters. The first-order chi connectivity index (χ1) is 6.62. The summed E-state index contributed by atoms with van der Waals surface area (Å²) in [6.07, 6.45) is -4.37. The molecule has 1 rings (SSSR count). The van der Waals surface area contributed by atoms with E-state index in [0.717, 1.165) is 6.07 Å². The van der Waals surface area contributed by atoms with Crippen LogP contribution in [0.3, 0.4) is 0 Å². The SMILES string of the molecule is Cc1ccc(C(C)(C)O)cc1C(F)(F)F. The largest absolute Gasteiger partial charge is 0.416 e. The average Bonchev–Trinajstić information content (AvgIpc) is 2.00. The van der Waals surface area contributed by atoms with Gasteiger partial charge >= 0.3 is 6.18 Å². The van der Waals surface area contributed by atoms with Gasteiger partial charge in [0.05, 0.1) is 11.2 Å². The predicted octanol–water partition coefficient (Wildman–Crippen LogP) is 3.24. The molecule has 0 amide bonds. The molecule has 0 spiro atoms. The van der Waals surface area contributed by atoms with Crippen molar-refractivity contribution in [1.82, 2.24) is 0 Å². The van der Waals surface area contributed by atoms with Gasteiger partial charge in [-0.3, -0.25) is 0 Å². The Bertz CT molecular complexity index is 361. The van der Waals surface area contributed by atoms with E-state index in [9.17, 15) is 18.3 Å². The van der Waals surface area contributed by atoms with E-state index in [1.165, 1.54) is 32.9 Å². The lowest BCUT2D eigenvalue weighted by molar-refractivity contribution is -0.138. The van der Waals surface area contributed by atoms with Gasteiger partial charge in [-0.15, -0.1) is 0 Å². The van der Waals surface area contributed by atoms with Crippen molar-refractivity contribution in [1.29, 1.82) is 0 Å². The van der Waals surface area contributed by atoms with E-state index in [1.54, 1.807) is 0 Å². The zero-order valence-electron chi connectivity index (χ0n) is 8.81. The van der Waals surface area contributed by atoms with Crippen molar-refractivity contribution in [3.8, 4) is 0 Å². The summed E-state index contributed by atoms with van der Waals surface area (Å²) in [4.78, 5) is 0. The zero-order chi connectivity index (χ0) is 11.9. The van der Waals surface area contributed by atoms with E-state index in [-0.39, 0.29) is 11.1 Å². The van der Waals surface area contributed by atoms with Crippen LogP contribution < -0.4 is 0 Å². The van der Waals surface area contributed by atoms with Crippen molar-refractivity contribution in [2.45, 2.75) is 32.5 Å². The van der Waals surface area contributed by atoms with Gasteiger partial charge in [-0.2, -0.15) is 13.2 Å². The standard InChI is InChI=1S/C11H13F3O/c1-7-4-5-8(10(2,3)15)6-9(7)11(12,13)14/h4-6,15H,1-3H3. The van der Waals surface area contributed by atoms with Crippen LogP contribution in [0, 0.1) is 6.92 Å². The first-order valence-corrected chi connectivity index (χ1v) is 4.53. The lowest BCUT2D eigenvalue weighted by Gasteiger charge is -2.20. The maximum atomic E-state index is 12.5. The van der Waals surface area contributed by atoms with Crippen LogP contribution in [0.25, 0.3) is 0 Å². The Hall–Kier alpha value is -1.03. The zero-order valence-corrected chi connectivity index (χ0v) is 8.81. The lowest BCUT2D eigenvalue weighted by Crippen LogP contribution is -2.17. The highest BCUT2D eigenvalue weighted by Gasteiger charge is 2.33. The normalized spacial score (nSPS) is 13.0. The molecule has 0 heterocycles. The monoisotopic (exact) mass is 218 g/mol. The minimum absolute atomic E-state index is 0.163. The van der Waals surface area contributed by atoms with Gasteiger partial charge in [-0.25, -0.2) is 0 Å². The van der Waals surface area contributed by atoms with E-state index in [2.05, 4.69) is 0 Å². The van der Waals surface area contributed by atoms with Gasteiger partial charge in [0.15, 0.2) is 0 Å². The quantitative estimate of drug-likeness (QED) is 0.767. The summed E-state index contributed by atoms with van der Waals surface area (Å²) in [5.41, 5.74) is -1.52. The van der Waals surface area contributed by atoms with Crippen LogP contribution in [0.15, 0.2) is 18.2 Å². The van der Waals surface area contributed by atoms with E-state index in [0.29, 0.717) is 0 Å². The van der Waals surface area contributed by atoms with E-state index < -0.39 is 17.3 Å². The fourth-order valence-electron chi connectivity index (χ4n) is 1.31. The molecule has 1 nitrogen and oxygen atoms in total. The summed E-state index contributed by atoms with van der Waals surface area (Å²) < 4.78 is 37.6. The molecule has 0 saturated heterocycles. The second-order valence-corrected chi connectivity index (χ2v) is 4.09. The van der Waals surface area contributed by atoms with Gasteiger partial charge in [-0.1, -0.05) is 12.1 Å². The molecule has 0 aromatic heterocycles. The maximum Gasteiger partial charge on any atom is 0.416 e. The summed E-state index contributed by atoms with van der Waals surface area (Å²) in [7, 11) is 0. The Morgan fingerprint density at radius 3 is 2.07 bits per heavy atom. The molecule has 0 bridgehead atoms. The summed E-state index contributed by atoms with van der Waals surface area (Å²) in [5, 5.41) is 9.60. The lowest BCUT2D eigenvalue weighted by atomic mass is 9.94. The van der Waals surface area contributed by atoms with Gasteiger partial charge in [0.2, 0.25) is 0 Å². The molecule has 15 heavy (non-hydrogen) atoms. The van der Waals surface area contributed by atoms with Crippen LogP contribution in [0.1, 0.15) is 30.5 Å². The van der Waals surface area contributed by atoms with Crippen LogP contribution in [-0.4, -0.2) is 5.11 Å². The van der Waals surface area contributed by atoms with Crippen molar-refractivity contribution in [2.75, 3.05) is 0 Å². The van der Waals surface area contributed by atoms with Crippen LogP contribution in [0.2, 0.25) is 0 Å². The number of halogens is 3. The summed E-state index contributed by atoms with van der Waals surface area (Å²) in [6, 6.07) is 3.87. The number of hydrogen-bond acceptors (Lipinski definition) is 1. The Balaban J connectivity index is 3.30. The first kappa shape index (κ1) is 12.0. The van der Waals surface area contributed by atoms with Gasteiger partial charge < -0.3 is 5.11 Å². The van der Waals surface area contributed by atoms with Crippen molar-refractivity contribution >= 4 is 0 Å². The molecule has 0 aliphatic carbocycles. The molecule has 0 fully saturated rings. The van der Waals surface area contributed by atoms with Crippen LogP contribution in [0.5, 0.6) is 0 Å². The third-order valence-electron chi connectivity index (χ3n) is 2.25. The fourth-order valence-corrected chi connectivity index (χ4v) is 1.31. The van der Waals surface area contributed by atoms with Crippen molar-refractivity contribution < 1.29 is 18.3 Å². The highest BCUT2D eigenvalue weighted by atomic mass is 19.4. The molecule has 1 aromatic carbocycles. The van der Waals surface area contributed by atoms with Gasteiger partial charge in [0, 0.05) is 0 Å². The molecular formula is C11H13F3O.